The van der Waals surface area contributed by atoms with Gasteiger partial charge in [-0.2, -0.15) is 0 Å². The summed E-state index contributed by atoms with van der Waals surface area (Å²) < 4.78 is 1.06. The summed E-state index contributed by atoms with van der Waals surface area (Å²) in [7, 11) is 0. The Bertz CT molecular complexity index is 784. The van der Waals surface area contributed by atoms with E-state index in [9.17, 15) is 0 Å². The zero-order chi connectivity index (χ0) is 14.1. The zero-order valence-corrected chi connectivity index (χ0v) is 12.6. The van der Waals surface area contributed by atoms with Crippen molar-refractivity contribution in [1.82, 2.24) is 4.98 Å². The molecular formula is C16H14BrN3. The molecule has 0 spiro atoms. The van der Waals surface area contributed by atoms with Crippen molar-refractivity contribution in [3.05, 3.63) is 58.7 Å². The van der Waals surface area contributed by atoms with Gasteiger partial charge in [-0.3, -0.25) is 4.98 Å². The lowest BCUT2D eigenvalue weighted by atomic mass is 10.1. The second-order valence-electron chi connectivity index (χ2n) is 4.66. The van der Waals surface area contributed by atoms with Gasteiger partial charge in [0.2, 0.25) is 0 Å². The van der Waals surface area contributed by atoms with Crippen molar-refractivity contribution in [2.75, 3.05) is 11.1 Å². The van der Waals surface area contributed by atoms with Gasteiger partial charge in [0, 0.05) is 21.7 Å². The quantitative estimate of drug-likeness (QED) is 0.674. The van der Waals surface area contributed by atoms with E-state index in [2.05, 4.69) is 39.2 Å². The lowest BCUT2D eigenvalue weighted by Gasteiger charge is -2.13. The van der Waals surface area contributed by atoms with Crippen LogP contribution in [0.2, 0.25) is 0 Å². The lowest BCUT2D eigenvalue weighted by Crippen LogP contribution is -1.97. The Labute approximate surface area is 126 Å². The van der Waals surface area contributed by atoms with Crippen LogP contribution in [0.1, 0.15) is 5.56 Å². The Balaban J connectivity index is 2.12. The van der Waals surface area contributed by atoms with Crippen molar-refractivity contribution in [2.24, 2.45) is 0 Å². The van der Waals surface area contributed by atoms with Crippen molar-refractivity contribution in [3.8, 4) is 0 Å². The maximum absolute atomic E-state index is 6.00. The van der Waals surface area contributed by atoms with Crippen LogP contribution in [0.25, 0.3) is 10.9 Å². The molecule has 0 atom stereocenters. The van der Waals surface area contributed by atoms with E-state index in [0.717, 1.165) is 32.4 Å². The number of aromatic nitrogens is 1. The second-order valence-corrected chi connectivity index (χ2v) is 5.46. The number of hydrogen-bond acceptors (Lipinski definition) is 3. The number of aryl methyl sites for hydroxylation is 1. The number of halogens is 1. The van der Waals surface area contributed by atoms with Gasteiger partial charge < -0.3 is 11.1 Å². The summed E-state index contributed by atoms with van der Waals surface area (Å²) in [6.07, 6.45) is 1.78. The number of benzene rings is 2. The zero-order valence-electron chi connectivity index (χ0n) is 11.0. The van der Waals surface area contributed by atoms with Crippen molar-refractivity contribution in [1.29, 1.82) is 0 Å². The second kappa shape index (κ2) is 5.13. The molecule has 2 aromatic carbocycles. The molecule has 1 heterocycles. The van der Waals surface area contributed by atoms with Crippen molar-refractivity contribution in [3.63, 3.8) is 0 Å². The Morgan fingerprint density at radius 3 is 2.75 bits per heavy atom. The van der Waals surface area contributed by atoms with Gasteiger partial charge in [0.05, 0.1) is 16.9 Å². The third-order valence-corrected chi connectivity index (χ3v) is 4.32. The van der Waals surface area contributed by atoms with Crippen molar-refractivity contribution in [2.45, 2.75) is 6.92 Å². The number of nitrogens with one attached hydrogen (secondary N) is 1. The molecule has 100 valence electrons. The Morgan fingerprint density at radius 2 is 1.90 bits per heavy atom. The van der Waals surface area contributed by atoms with Crippen LogP contribution in [-0.4, -0.2) is 4.98 Å². The molecule has 0 aliphatic carbocycles. The molecule has 0 unspecified atom stereocenters. The number of rotatable bonds is 2. The molecule has 20 heavy (non-hydrogen) atoms. The van der Waals surface area contributed by atoms with Crippen LogP contribution in [-0.2, 0) is 0 Å². The summed E-state index contributed by atoms with van der Waals surface area (Å²) in [5.41, 5.74) is 10.8. The van der Waals surface area contributed by atoms with Crippen LogP contribution in [0.4, 0.5) is 17.1 Å². The van der Waals surface area contributed by atoms with Gasteiger partial charge in [0.1, 0.15) is 0 Å². The predicted octanol–water partition coefficient (Wildman–Crippen LogP) is 4.63. The van der Waals surface area contributed by atoms with E-state index in [1.807, 2.05) is 36.4 Å². The number of nitrogens with two attached hydrogens (primary N) is 1. The van der Waals surface area contributed by atoms with Gasteiger partial charge in [-0.15, -0.1) is 0 Å². The van der Waals surface area contributed by atoms with Gasteiger partial charge in [0.25, 0.3) is 0 Å². The maximum atomic E-state index is 6.00. The largest absolute Gasteiger partial charge is 0.398 e. The number of fused-ring (bicyclic) bond motifs is 1. The number of hydrogen-bond donors (Lipinski definition) is 2. The Hall–Kier alpha value is -2.07. The number of nitrogens with zero attached hydrogens (tertiary/aromatic N) is 1. The highest BCUT2D eigenvalue weighted by Crippen LogP contribution is 2.32. The first kappa shape index (κ1) is 12.9. The van der Waals surface area contributed by atoms with E-state index in [1.54, 1.807) is 6.20 Å². The highest BCUT2D eigenvalue weighted by Gasteiger charge is 2.07. The average molecular weight is 328 g/mol. The first-order chi connectivity index (χ1) is 9.66. The first-order valence-electron chi connectivity index (χ1n) is 6.32. The van der Waals surface area contributed by atoms with Crippen LogP contribution in [0.3, 0.4) is 0 Å². The molecule has 0 saturated heterocycles. The van der Waals surface area contributed by atoms with E-state index < -0.39 is 0 Å². The molecule has 0 amide bonds. The smallest absolute Gasteiger partial charge is 0.0957 e. The summed E-state index contributed by atoms with van der Waals surface area (Å²) in [5, 5.41) is 4.38. The minimum absolute atomic E-state index is 0.738. The van der Waals surface area contributed by atoms with Gasteiger partial charge >= 0.3 is 0 Å². The fourth-order valence-electron chi connectivity index (χ4n) is 2.18. The fraction of sp³-hybridized carbons (Fsp3) is 0.0625. The minimum atomic E-state index is 0.738. The van der Waals surface area contributed by atoms with Crippen LogP contribution < -0.4 is 11.1 Å². The van der Waals surface area contributed by atoms with Crippen LogP contribution in [0.15, 0.2) is 53.1 Å². The van der Waals surface area contributed by atoms with E-state index in [0.29, 0.717) is 0 Å². The monoisotopic (exact) mass is 327 g/mol. The van der Waals surface area contributed by atoms with E-state index in [1.165, 1.54) is 5.56 Å². The van der Waals surface area contributed by atoms with E-state index >= 15 is 0 Å². The normalized spacial score (nSPS) is 10.7. The molecule has 0 radical (unpaired) electrons. The molecule has 0 bridgehead atoms. The number of nitrogen functional groups attached to an aromatic ring is 1. The molecule has 3 aromatic rings. The average Bonchev–Trinajstić information content (AvgIpc) is 2.47. The van der Waals surface area contributed by atoms with Crippen LogP contribution in [0.5, 0.6) is 0 Å². The van der Waals surface area contributed by atoms with Crippen LogP contribution in [0, 0.1) is 6.92 Å². The van der Waals surface area contributed by atoms with E-state index in [-0.39, 0.29) is 0 Å². The highest BCUT2D eigenvalue weighted by atomic mass is 79.9. The number of pyridine rings is 1. The number of anilines is 3. The van der Waals surface area contributed by atoms with Crippen molar-refractivity contribution >= 4 is 43.9 Å². The fourth-order valence-corrected chi connectivity index (χ4v) is 2.55. The Kier molecular flexibility index (Phi) is 3.32. The molecular weight excluding hydrogens is 314 g/mol. The minimum Gasteiger partial charge on any atom is -0.398 e. The third kappa shape index (κ3) is 2.23. The molecule has 3 N–H and O–H groups in total. The SMILES string of the molecule is Cc1cccc(Nc2ccc(N)c3cccnc23)c1Br. The van der Waals surface area contributed by atoms with Gasteiger partial charge in [-0.1, -0.05) is 12.1 Å². The molecule has 3 rings (SSSR count). The highest BCUT2D eigenvalue weighted by molar-refractivity contribution is 9.10. The predicted molar refractivity (Wildman–Crippen MR) is 88.3 cm³/mol. The molecule has 1 aromatic heterocycles. The van der Waals surface area contributed by atoms with E-state index in [4.69, 9.17) is 5.73 Å². The molecule has 0 saturated carbocycles. The van der Waals surface area contributed by atoms with Crippen LogP contribution >= 0.6 is 15.9 Å². The summed E-state index contributed by atoms with van der Waals surface area (Å²) in [5.74, 6) is 0. The molecule has 0 aliphatic heterocycles. The third-order valence-electron chi connectivity index (χ3n) is 3.26. The van der Waals surface area contributed by atoms with Gasteiger partial charge in [-0.25, -0.2) is 0 Å². The molecule has 4 heteroatoms. The summed E-state index contributed by atoms with van der Waals surface area (Å²) in [6, 6.07) is 13.8. The van der Waals surface area contributed by atoms with Gasteiger partial charge in [0.15, 0.2) is 0 Å². The summed E-state index contributed by atoms with van der Waals surface area (Å²) in [4.78, 5) is 4.43. The standard InChI is InChI=1S/C16H14BrN3/c1-10-4-2-6-13(15(10)17)20-14-8-7-12(18)11-5-3-9-19-16(11)14/h2-9,20H,18H2,1H3. The molecule has 0 aliphatic rings. The van der Waals surface area contributed by atoms with Gasteiger partial charge in [-0.05, 0) is 58.7 Å². The lowest BCUT2D eigenvalue weighted by molar-refractivity contribution is 1.39. The topological polar surface area (TPSA) is 50.9 Å². The Morgan fingerprint density at radius 1 is 1.05 bits per heavy atom. The first-order valence-corrected chi connectivity index (χ1v) is 7.11. The maximum Gasteiger partial charge on any atom is 0.0957 e. The molecule has 3 nitrogen and oxygen atoms in total. The summed E-state index contributed by atoms with van der Waals surface area (Å²) >= 11 is 3.61. The van der Waals surface area contributed by atoms with Crippen molar-refractivity contribution < 1.29 is 0 Å². The molecule has 0 fully saturated rings. The summed E-state index contributed by atoms with van der Waals surface area (Å²) in [6.45, 7) is 2.06.